The molecule has 33 heavy (non-hydrogen) atoms. The van der Waals surface area contributed by atoms with Crippen LogP contribution in [0.2, 0.25) is 0 Å². The van der Waals surface area contributed by atoms with E-state index in [0.717, 1.165) is 5.56 Å². The molecule has 0 aliphatic carbocycles. The summed E-state index contributed by atoms with van der Waals surface area (Å²) >= 11 is 0. The number of carboxylic acids is 1. The average Bonchev–Trinajstić information content (AvgIpc) is 2.73. The van der Waals surface area contributed by atoms with Crippen molar-refractivity contribution >= 4 is 27.6 Å². The number of terminal acetylenes is 1. The van der Waals surface area contributed by atoms with E-state index in [2.05, 4.69) is 5.92 Å². The second-order valence-electron chi connectivity index (χ2n) is 7.39. The smallest absolute Gasteiger partial charge is 0.336 e. The second-order valence-corrected chi connectivity index (χ2v) is 8.95. The molecular formula is C24H21N3O5S. The molecular weight excluding hydrogens is 442 g/mol. The standard InChI is InChI=1S/C24H21N3O5S/c1-3-4-17-18(24(29)30)10-5-13(2)21(17)15-11-19(22(25)20(12-15)23(26)28)14-6-8-16(9-7-14)33(27,31)32/h1,5-12H,4,25H2,2H3,(H2,26,28)(H,29,30)(H2,27,31,32). The Morgan fingerprint density at radius 2 is 1.67 bits per heavy atom. The van der Waals surface area contributed by atoms with Gasteiger partial charge in [0.05, 0.1) is 21.7 Å². The molecule has 0 fully saturated rings. The minimum atomic E-state index is -3.89. The molecule has 0 saturated carbocycles. The first kappa shape index (κ1) is 23.5. The molecule has 0 radical (unpaired) electrons. The summed E-state index contributed by atoms with van der Waals surface area (Å²) in [6.45, 7) is 1.79. The Balaban J connectivity index is 2.36. The van der Waals surface area contributed by atoms with Gasteiger partial charge in [-0.1, -0.05) is 18.2 Å². The third-order valence-electron chi connectivity index (χ3n) is 5.26. The number of aromatic carboxylic acids is 1. The van der Waals surface area contributed by atoms with Crippen LogP contribution in [-0.2, 0) is 16.4 Å². The molecule has 0 unspecified atom stereocenters. The lowest BCUT2D eigenvalue weighted by Crippen LogP contribution is -2.15. The van der Waals surface area contributed by atoms with E-state index in [-0.39, 0.29) is 28.1 Å². The summed E-state index contributed by atoms with van der Waals surface area (Å²) in [5.74, 6) is 0.575. The molecule has 8 nitrogen and oxygen atoms in total. The molecule has 0 spiro atoms. The third kappa shape index (κ3) is 4.57. The molecule has 0 aliphatic heterocycles. The highest BCUT2D eigenvalue weighted by atomic mass is 32.2. The fourth-order valence-corrected chi connectivity index (χ4v) is 4.23. The summed E-state index contributed by atoms with van der Waals surface area (Å²) in [5, 5.41) is 14.8. The molecule has 0 atom stereocenters. The molecule has 7 N–H and O–H groups in total. The van der Waals surface area contributed by atoms with Gasteiger partial charge in [-0.05, 0) is 65.1 Å². The van der Waals surface area contributed by atoms with Crippen LogP contribution >= 0.6 is 0 Å². The van der Waals surface area contributed by atoms with Crippen molar-refractivity contribution in [3.05, 3.63) is 70.8 Å². The van der Waals surface area contributed by atoms with Gasteiger partial charge in [-0.25, -0.2) is 18.4 Å². The van der Waals surface area contributed by atoms with Crippen LogP contribution in [0.1, 0.15) is 31.8 Å². The van der Waals surface area contributed by atoms with Gasteiger partial charge >= 0.3 is 5.97 Å². The molecule has 168 valence electrons. The first-order valence-corrected chi connectivity index (χ1v) is 11.2. The van der Waals surface area contributed by atoms with Crippen molar-refractivity contribution in [1.82, 2.24) is 0 Å². The molecule has 0 bridgehead atoms. The number of amides is 1. The molecule has 0 saturated heterocycles. The van der Waals surface area contributed by atoms with Gasteiger partial charge in [-0.3, -0.25) is 4.79 Å². The predicted molar refractivity (Wildman–Crippen MR) is 126 cm³/mol. The van der Waals surface area contributed by atoms with Crippen LogP contribution in [0, 0.1) is 19.3 Å². The van der Waals surface area contributed by atoms with Crippen LogP contribution in [0.4, 0.5) is 5.69 Å². The van der Waals surface area contributed by atoms with E-state index in [1.807, 2.05) is 0 Å². The zero-order valence-electron chi connectivity index (χ0n) is 17.6. The number of primary amides is 1. The zero-order chi connectivity index (χ0) is 24.5. The number of rotatable bonds is 6. The van der Waals surface area contributed by atoms with Gasteiger partial charge in [0.15, 0.2) is 0 Å². The van der Waals surface area contributed by atoms with Crippen LogP contribution < -0.4 is 16.6 Å². The number of hydrogen-bond acceptors (Lipinski definition) is 5. The minimum absolute atomic E-state index is 0.0322. The molecule has 9 heteroatoms. The highest BCUT2D eigenvalue weighted by Gasteiger charge is 2.21. The van der Waals surface area contributed by atoms with Crippen LogP contribution in [0.25, 0.3) is 22.3 Å². The molecule has 1 amide bonds. The topological polar surface area (TPSA) is 167 Å². The number of carboxylic acid groups (broad SMARTS) is 1. The van der Waals surface area contributed by atoms with E-state index in [0.29, 0.717) is 27.8 Å². The number of hydrogen-bond donors (Lipinski definition) is 4. The second kappa shape index (κ2) is 8.78. The van der Waals surface area contributed by atoms with E-state index in [9.17, 15) is 23.1 Å². The van der Waals surface area contributed by atoms with Gasteiger partial charge in [0.2, 0.25) is 10.0 Å². The predicted octanol–water partition coefficient (Wildman–Crippen LogP) is 2.53. The summed E-state index contributed by atoms with van der Waals surface area (Å²) < 4.78 is 23.2. The molecule has 0 aliphatic rings. The Bertz CT molecular complexity index is 1440. The number of nitrogen functional groups attached to an aromatic ring is 1. The number of carbonyl (C=O) groups is 2. The number of benzene rings is 3. The van der Waals surface area contributed by atoms with Crippen molar-refractivity contribution < 1.29 is 23.1 Å². The lowest BCUT2D eigenvalue weighted by molar-refractivity contribution is 0.0695. The monoisotopic (exact) mass is 463 g/mol. The van der Waals surface area contributed by atoms with Crippen molar-refractivity contribution in [2.24, 2.45) is 10.9 Å². The molecule has 0 heterocycles. The summed E-state index contributed by atoms with van der Waals surface area (Å²) in [4.78, 5) is 23.9. The van der Waals surface area contributed by atoms with E-state index in [4.69, 9.17) is 23.0 Å². The lowest BCUT2D eigenvalue weighted by atomic mass is 9.86. The number of primary sulfonamides is 1. The van der Waals surface area contributed by atoms with Gasteiger partial charge in [0, 0.05) is 12.0 Å². The van der Waals surface area contributed by atoms with Crippen LogP contribution in [0.5, 0.6) is 0 Å². The maximum Gasteiger partial charge on any atom is 0.336 e. The maximum absolute atomic E-state index is 12.2. The Kier molecular flexibility index (Phi) is 6.26. The van der Waals surface area contributed by atoms with Crippen LogP contribution in [-0.4, -0.2) is 25.4 Å². The first-order chi connectivity index (χ1) is 15.5. The molecule has 0 aromatic heterocycles. The van der Waals surface area contributed by atoms with Gasteiger partial charge in [0.1, 0.15) is 0 Å². The molecule has 3 aromatic carbocycles. The summed E-state index contributed by atoms with van der Waals surface area (Å²) in [6.07, 6.45) is 5.55. The highest BCUT2D eigenvalue weighted by Crippen LogP contribution is 2.38. The summed E-state index contributed by atoms with van der Waals surface area (Å²) in [7, 11) is -3.89. The van der Waals surface area contributed by atoms with E-state index < -0.39 is 21.9 Å². The maximum atomic E-state index is 12.2. The van der Waals surface area contributed by atoms with E-state index in [1.54, 1.807) is 19.1 Å². The Labute approximate surface area is 191 Å². The normalized spacial score (nSPS) is 11.1. The highest BCUT2D eigenvalue weighted by molar-refractivity contribution is 7.89. The number of aryl methyl sites for hydroxylation is 1. The largest absolute Gasteiger partial charge is 0.478 e. The fourth-order valence-electron chi connectivity index (χ4n) is 3.72. The van der Waals surface area contributed by atoms with Gasteiger partial charge in [-0.2, -0.15) is 0 Å². The van der Waals surface area contributed by atoms with Gasteiger partial charge in [-0.15, -0.1) is 12.3 Å². The van der Waals surface area contributed by atoms with Gasteiger partial charge < -0.3 is 16.6 Å². The van der Waals surface area contributed by atoms with Crippen molar-refractivity contribution in [3.8, 4) is 34.6 Å². The average molecular weight is 464 g/mol. The van der Waals surface area contributed by atoms with E-state index >= 15 is 0 Å². The number of nitrogens with two attached hydrogens (primary N) is 3. The third-order valence-corrected chi connectivity index (χ3v) is 6.19. The summed E-state index contributed by atoms with van der Waals surface area (Å²) in [6, 6.07) is 12.0. The van der Waals surface area contributed by atoms with Crippen molar-refractivity contribution in [2.75, 3.05) is 5.73 Å². The fraction of sp³-hybridized carbons (Fsp3) is 0.0833. The summed E-state index contributed by atoms with van der Waals surface area (Å²) in [5.41, 5.74) is 15.1. The van der Waals surface area contributed by atoms with Crippen LogP contribution in [0.3, 0.4) is 0 Å². The Morgan fingerprint density at radius 1 is 1.03 bits per heavy atom. The minimum Gasteiger partial charge on any atom is -0.478 e. The zero-order valence-corrected chi connectivity index (χ0v) is 18.4. The molecule has 3 rings (SSSR count). The number of sulfonamides is 1. The van der Waals surface area contributed by atoms with Crippen molar-refractivity contribution in [3.63, 3.8) is 0 Å². The number of carbonyl (C=O) groups excluding carboxylic acids is 1. The Hall–Kier alpha value is -4.13. The van der Waals surface area contributed by atoms with Crippen molar-refractivity contribution in [2.45, 2.75) is 18.2 Å². The van der Waals surface area contributed by atoms with E-state index in [1.165, 1.54) is 36.4 Å². The van der Waals surface area contributed by atoms with Crippen molar-refractivity contribution in [1.29, 1.82) is 0 Å². The Morgan fingerprint density at radius 3 is 2.18 bits per heavy atom. The number of anilines is 1. The van der Waals surface area contributed by atoms with Gasteiger partial charge in [0.25, 0.3) is 5.91 Å². The first-order valence-electron chi connectivity index (χ1n) is 9.61. The quantitative estimate of drug-likeness (QED) is 0.324. The lowest BCUT2D eigenvalue weighted by Gasteiger charge is -2.18. The van der Waals surface area contributed by atoms with Crippen LogP contribution in [0.15, 0.2) is 53.4 Å². The SMILES string of the molecule is C#CCc1c(C(=O)O)ccc(C)c1-c1cc(C(N)=O)c(N)c(-c2ccc(S(N)(=O)=O)cc2)c1. The molecule has 3 aromatic rings.